The number of nitrogens with zero attached hydrogens (tertiary/aromatic N) is 2. The fraction of sp³-hybridized carbons (Fsp3) is 0.500. The molecule has 0 amide bonds. The van der Waals surface area contributed by atoms with Crippen LogP contribution < -0.4 is 4.72 Å². The van der Waals surface area contributed by atoms with Gasteiger partial charge in [-0.3, -0.25) is 0 Å². The molecular weight excluding hydrogens is 282 g/mol. The highest BCUT2D eigenvalue weighted by atomic mass is 32.2. The predicted molar refractivity (Wildman–Crippen MR) is 70.7 cm³/mol. The third-order valence-electron chi connectivity index (χ3n) is 3.04. The van der Waals surface area contributed by atoms with Crippen LogP contribution in [-0.2, 0) is 16.4 Å². The Morgan fingerprint density at radius 3 is 2.45 bits per heavy atom. The Morgan fingerprint density at radius 2 is 1.95 bits per heavy atom. The number of hydrogen-bond acceptors (Lipinski definition) is 6. The van der Waals surface area contributed by atoms with Crippen LogP contribution >= 0.6 is 0 Å². The van der Waals surface area contributed by atoms with Gasteiger partial charge in [0.1, 0.15) is 22.6 Å². The molecular formula is C12H17N3O4S. The second-order valence-corrected chi connectivity index (χ2v) is 6.48. The monoisotopic (exact) mass is 299 g/mol. The van der Waals surface area contributed by atoms with E-state index in [4.69, 9.17) is 4.52 Å². The van der Waals surface area contributed by atoms with E-state index in [0.29, 0.717) is 17.9 Å². The second kappa shape index (κ2) is 5.37. The standard InChI is InChI=1S/C12H17N3O4S/c1-7(5-11-8(2)14-19-10(11)4)15-20(16,17)12-6-18-13-9(12)3/h6-7,15H,5H2,1-4H3. The van der Waals surface area contributed by atoms with Gasteiger partial charge in [-0.25, -0.2) is 13.1 Å². The van der Waals surface area contributed by atoms with E-state index in [0.717, 1.165) is 17.5 Å². The summed E-state index contributed by atoms with van der Waals surface area (Å²) in [6.07, 6.45) is 1.63. The van der Waals surface area contributed by atoms with Crippen molar-refractivity contribution in [3.63, 3.8) is 0 Å². The Morgan fingerprint density at radius 1 is 1.25 bits per heavy atom. The Hall–Kier alpha value is -1.67. The molecule has 1 N–H and O–H groups in total. The van der Waals surface area contributed by atoms with Gasteiger partial charge in [0, 0.05) is 11.6 Å². The van der Waals surface area contributed by atoms with E-state index in [1.54, 1.807) is 20.8 Å². The lowest BCUT2D eigenvalue weighted by Crippen LogP contribution is -2.34. The van der Waals surface area contributed by atoms with Gasteiger partial charge in [-0.15, -0.1) is 0 Å². The summed E-state index contributed by atoms with van der Waals surface area (Å²) in [7, 11) is -3.63. The van der Waals surface area contributed by atoms with E-state index in [1.807, 2.05) is 6.92 Å². The number of aromatic nitrogens is 2. The summed E-state index contributed by atoms with van der Waals surface area (Å²) in [6.45, 7) is 7.00. The molecule has 0 saturated heterocycles. The zero-order chi connectivity index (χ0) is 14.9. The zero-order valence-corrected chi connectivity index (χ0v) is 12.6. The van der Waals surface area contributed by atoms with Crippen molar-refractivity contribution in [2.75, 3.05) is 0 Å². The quantitative estimate of drug-likeness (QED) is 0.898. The molecule has 8 heteroatoms. The fourth-order valence-corrected chi connectivity index (χ4v) is 3.35. The smallest absolute Gasteiger partial charge is 0.245 e. The number of aryl methyl sites for hydroxylation is 3. The first-order valence-electron chi connectivity index (χ1n) is 6.16. The maximum atomic E-state index is 12.2. The van der Waals surface area contributed by atoms with Gasteiger partial charge in [-0.05, 0) is 34.1 Å². The van der Waals surface area contributed by atoms with E-state index in [1.165, 1.54) is 0 Å². The molecule has 0 radical (unpaired) electrons. The number of nitrogens with one attached hydrogen (secondary N) is 1. The third kappa shape index (κ3) is 2.91. The Kier molecular flexibility index (Phi) is 3.96. The van der Waals surface area contributed by atoms with Crippen molar-refractivity contribution in [3.8, 4) is 0 Å². The average molecular weight is 299 g/mol. The van der Waals surface area contributed by atoms with Crippen LogP contribution in [0.2, 0.25) is 0 Å². The van der Waals surface area contributed by atoms with E-state index in [2.05, 4.69) is 19.6 Å². The molecule has 0 spiro atoms. The van der Waals surface area contributed by atoms with E-state index >= 15 is 0 Å². The Balaban J connectivity index is 2.13. The van der Waals surface area contributed by atoms with Gasteiger partial charge < -0.3 is 9.05 Å². The SMILES string of the molecule is Cc1nocc1S(=O)(=O)NC(C)Cc1c(C)noc1C. The third-order valence-corrected chi connectivity index (χ3v) is 4.73. The molecule has 0 aliphatic heterocycles. The lowest BCUT2D eigenvalue weighted by molar-refractivity contribution is 0.392. The van der Waals surface area contributed by atoms with Crippen molar-refractivity contribution < 1.29 is 17.5 Å². The van der Waals surface area contributed by atoms with Gasteiger partial charge in [-0.1, -0.05) is 10.3 Å². The summed E-state index contributed by atoms with van der Waals surface area (Å²) in [4.78, 5) is 0.0584. The largest absolute Gasteiger partial charge is 0.363 e. The molecule has 2 rings (SSSR count). The van der Waals surface area contributed by atoms with Gasteiger partial charge in [0.25, 0.3) is 0 Å². The molecule has 0 saturated carbocycles. The highest BCUT2D eigenvalue weighted by Crippen LogP contribution is 2.17. The summed E-state index contributed by atoms with van der Waals surface area (Å²) in [5.41, 5.74) is 2.03. The molecule has 0 aliphatic carbocycles. The molecule has 0 fully saturated rings. The van der Waals surface area contributed by atoms with Crippen LogP contribution in [0.3, 0.4) is 0 Å². The van der Waals surface area contributed by atoms with Gasteiger partial charge in [0.05, 0.1) is 5.69 Å². The molecule has 2 aromatic heterocycles. The molecule has 20 heavy (non-hydrogen) atoms. The first kappa shape index (κ1) is 14.7. The molecule has 1 unspecified atom stereocenters. The van der Waals surface area contributed by atoms with E-state index in [-0.39, 0.29) is 10.9 Å². The normalized spacial score (nSPS) is 13.6. The average Bonchev–Trinajstić information content (AvgIpc) is 2.90. The van der Waals surface area contributed by atoms with Gasteiger partial charge in [0.2, 0.25) is 10.0 Å². The zero-order valence-electron chi connectivity index (χ0n) is 11.8. The first-order valence-corrected chi connectivity index (χ1v) is 7.64. The molecule has 2 aromatic rings. The van der Waals surface area contributed by atoms with Crippen molar-refractivity contribution >= 4 is 10.0 Å². The molecule has 2 heterocycles. The maximum absolute atomic E-state index is 12.2. The minimum Gasteiger partial charge on any atom is -0.363 e. The van der Waals surface area contributed by atoms with Gasteiger partial charge in [-0.2, -0.15) is 0 Å². The lowest BCUT2D eigenvalue weighted by atomic mass is 10.1. The van der Waals surface area contributed by atoms with Crippen molar-refractivity contribution in [1.82, 2.24) is 15.0 Å². The molecule has 0 bridgehead atoms. The van der Waals surface area contributed by atoms with Crippen molar-refractivity contribution in [3.05, 3.63) is 29.0 Å². The lowest BCUT2D eigenvalue weighted by Gasteiger charge is -2.13. The van der Waals surface area contributed by atoms with E-state index in [9.17, 15) is 8.42 Å². The van der Waals surface area contributed by atoms with Crippen LogP contribution in [0.15, 0.2) is 20.2 Å². The predicted octanol–water partition coefficient (Wildman–Crippen LogP) is 1.50. The highest BCUT2D eigenvalue weighted by molar-refractivity contribution is 7.89. The number of rotatable bonds is 5. The summed E-state index contributed by atoms with van der Waals surface area (Å²) in [6, 6.07) is -0.300. The minimum absolute atomic E-state index is 0.0584. The summed E-state index contributed by atoms with van der Waals surface area (Å²) < 4.78 is 36.7. The van der Waals surface area contributed by atoms with Crippen LogP contribution in [0.25, 0.3) is 0 Å². The van der Waals surface area contributed by atoms with Crippen LogP contribution in [0.5, 0.6) is 0 Å². The van der Waals surface area contributed by atoms with Gasteiger partial charge >= 0.3 is 0 Å². The summed E-state index contributed by atoms with van der Waals surface area (Å²) in [5, 5.41) is 7.43. The molecule has 0 aromatic carbocycles. The highest BCUT2D eigenvalue weighted by Gasteiger charge is 2.23. The van der Waals surface area contributed by atoms with Gasteiger partial charge in [0.15, 0.2) is 0 Å². The number of sulfonamides is 1. The number of hydrogen-bond donors (Lipinski definition) is 1. The van der Waals surface area contributed by atoms with Crippen molar-refractivity contribution in [2.24, 2.45) is 0 Å². The van der Waals surface area contributed by atoms with Crippen LogP contribution in [0, 0.1) is 20.8 Å². The van der Waals surface area contributed by atoms with Crippen LogP contribution in [0.4, 0.5) is 0 Å². The topological polar surface area (TPSA) is 98.2 Å². The minimum atomic E-state index is -3.63. The Labute approximate surface area is 117 Å². The van der Waals surface area contributed by atoms with Crippen molar-refractivity contribution in [1.29, 1.82) is 0 Å². The van der Waals surface area contributed by atoms with Crippen molar-refractivity contribution in [2.45, 2.75) is 45.1 Å². The summed E-state index contributed by atoms with van der Waals surface area (Å²) >= 11 is 0. The maximum Gasteiger partial charge on any atom is 0.245 e. The van der Waals surface area contributed by atoms with Crippen LogP contribution in [-0.4, -0.2) is 24.8 Å². The molecule has 7 nitrogen and oxygen atoms in total. The van der Waals surface area contributed by atoms with E-state index < -0.39 is 10.0 Å². The molecule has 110 valence electrons. The second-order valence-electron chi connectivity index (χ2n) is 4.79. The Bertz CT molecular complexity index is 683. The first-order chi connectivity index (χ1) is 9.31. The molecule has 0 aliphatic rings. The summed E-state index contributed by atoms with van der Waals surface area (Å²) in [5.74, 6) is 0.703. The van der Waals surface area contributed by atoms with Crippen LogP contribution in [0.1, 0.15) is 29.6 Å². The fourth-order valence-electron chi connectivity index (χ4n) is 2.01. The molecule has 1 atom stereocenters.